The van der Waals surface area contributed by atoms with Crippen molar-refractivity contribution in [1.82, 2.24) is 0 Å². The minimum absolute atomic E-state index is 0.166. The molecule has 0 aromatic heterocycles. The van der Waals surface area contributed by atoms with Crippen molar-refractivity contribution in [2.75, 3.05) is 33.5 Å². The number of methoxy groups -OCH3 is 1. The molecule has 3 unspecified atom stereocenters. The van der Waals surface area contributed by atoms with Gasteiger partial charge in [0.25, 0.3) is 0 Å². The molecule has 0 heterocycles. The molecule has 0 amide bonds. The number of nitrogens with zero attached hydrogens (tertiary/aromatic N) is 4. The van der Waals surface area contributed by atoms with Crippen molar-refractivity contribution < 1.29 is 38.1 Å². The summed E-state index contributed by atoms with van der Waals surface area (Å²) in [6, 6.07) is 33.8. The van der Waals surface area contributed by atoms with Crippen LogP contribution in [-0.2, 0) is 28.6 Å². The van der Waals surface area contributed by atoms with E-state index < -0.39 is 28.7 Å². The third-order valence-electron chi connectivity index (χ3n) is 11.3. The minimum atomic E-state index is -1.13. The average molecular weight is 871 g/mol. The van der Waals surface area contributed by atoms with Crippen LogP contribution in [0.5, 0.6) is 11.5 Å². The molecular formula is C52H62N4O8. The molecule has 0 radical (unpaired) electrons. The summed E-state index contributed by atoms with van der Waals surface area (Å²) < 4.78 is 28.4. The van der Waals surface area contributed by atoms with Crippen LogP contribution in [-0.4, -0.2) is 51.4 Å². The first-order valence-corrected chi connectivity index (χ1v) is 22.2. The van der Waals surface area contributed by atoms with Gasteiger partial charge < -0.3 is 23.7 Å². The summed E-state index contributed by atoms with van der Waals surface area (Å²) in [5.41, 5.74) is 2.53. The Morgan fingerprint density at radius 3 is 1.41 bits per heavy atom. The van der Waals surface area contributed by atoms with Crippen LogP contribution in [0.2, 0.25) is 0 Å². The molecule has 4 aromatic carbocycles. The zero-order valence-corrected chi connectivity index (χ0v) is 38.0. The number of rotatable bonds is 27. The van der Waals surface area contributed by atoms with Crippen LogP contribution in [0.25, 0.3) is 11.1 Å². The molecule has 4 aromatic rings. The molecule has 0 spiro atoms. The molecule has 0 fully saturated rings. The van der Waals surface area contributed by atoms with Crippen molar-refractivity contribution in [1.29, 1.82) is 10.5 Å². The third kappa shape index (κ3) is 16.3. The topological polar surface area (TPSA) is 170 Å². The predicted molar refractivity (Wildman–Crippen MR) is 245 cm³/mol. The normalized spacial score (nSPS) is 13.4. The number of benzene rings is 4. The lowest BCUT2D eigenvalue weighted by Gasteiger charge is -2.37. The van der Waals surface area contributed by atoms with Gasteiger partial charge in [0.05, 0.1) is 84.9 Å². The van der Waals surface area contributed by atoms with Gasteiger partial charge >= 0.3 is 17.9 Å². The van der Waals surface area contributed by atoms with Gasteiger partial charge in [0.15, 0.2) is 0 Å². The van der Waals surface area contributed by atoms with E-state index in [-0.39, 0.29) is 32.0 Å². The summed E-state index contributed by atoms with van der Waals surface area (Å²) in [4.78, 5) is 39.8. The molecule has 3 atom stereocenters. The maximum Gasteiger partial charge on any atom is 0.311 e. The highest BCUT2D eigenvalue weighted by Gasteiger charge is 2.47. The Bertz CT molecular complexity index is 2180. The molecule has 0 aliphatic heterocycles. The lowest BCUT2D eigenvalue weighted by Crippen LogP contribution is -2.42. The first-order chi connectivity index (χ1) is 30.9. The summed E-state index contributed by atoms with van der Waals surface area (Å²) in [7, 11) is 1.32. The molecule has 0 saturated carbocycles. The summed E-state index contributed by atoms with van der Waals surface area (Å²) >= 11 is 0. The van der Waals surface area contributed by atoms with Gasteiger partial charge in [0, 0.05) is 0 Å². The summed E-state index contributed by atoms with van der Waals surface area (Å²) in [5, 5.41) is 26.4. The highest BCUT2D eigenvalue weighted by molar-refractivity contribution is 5.81. The van der Waals surface area contributed by atoms with E-state index in [1.165, 1.54) is 7.11 Å². The van der Waals surface area contributed by atoms with Crippen molar-refractivity contribution in [3.05, 3.63) is 108 Å². The predicted octanol–water partition coefficient (Wildman–Crippen LogP) is 12.2. The van der Waals surface area contributed by atoms with Gasteiger partial charge in [-0.1, -0.05) is 38.1 Å². The van der Waals surface area contributed by atoms with Gasteiger partial charge in [-0.25, -0.2) is 0 Å². The lowest BCUT2D eigenvalue weighted by molar-refractivity contribution is -0.166. The van der Waals surface area contributed by atoms with Crippen LogP contribution in [0.4, 0.5) is 11.4 Å². The molecule has 0 aliphatic rings. The van der Waals surface area contributed by atoms with E-state index >= 15 is 0 Å². The Balaban J connectivity index is 1.14. The number of carbonyl (C=O) groups excluding carboxylic acids is 3. The molecular weight excluding hydrogens is 809 g/mol. The van der Waals surface area contributed by atoms with Crippen molar-refractivity contribution in [3.63, 3.8) is 0 Å². The van der Waals surface area contributed by atoms with Crippen LogP contribution in [0.1, 0.15) is 109 Å². The minimum Gasteiger partial charge on any atom is -0.494 e. The smallest absolute Gasteiger partial charge is 0.311 e. The molecule has 338 valence electrons. The molecule has 0 saturated heterocycles. The number of azo groups is 1. The summed E-state index contributed by atoms with van der Waals surface area (Å²) in [6.07, 6.45) is 7.36. The maximum absolute atomic E-state index is 13.8. The van der Waals surface area contributed by atoms with E-state index in [4.69, 9.17) is 34.2 Å². The number of esters is 3. The van der Waals surface area contributed by atoms with Crippen molar-refractivity contribution in [2.24, 2.45) is 27.0 Å². The van der Waals surface area contributed by atoms with Gasteiger partial charge in [0.2, 0.25) is 0 Å². The fourth-order valence-corrected chi connectivity index (χ4v) is 7.37. The van der Waals surface area contributed by atoms with Crippen LogP contribution in [0, 0.1) is 39.4 Å². The number of hydrogen-bond acceptors (Lipinski definition) is 12. The van der Waals surface area contributed by atoms with E-state index in [0.29, 0.717) is 55.0 Å². The Morgan fingerprint density at radius 1 is 0.578 bits per heavy atom. The fraction of sp³-hybridized carbons (Fsp3) is 0.442. The zero-order valence-electron chi connectivity index (χ0n) is 38.0. The highest BCUT2D eigenvalue weighted by Crippen LogP contribution is 2.43. The molecule has 12 heteroatoms. The molecule has 0 bridgehead atoms. The second-order valence-corrected chi connectivity index (χ2v) is 16.6. The van der Waals surface area contributed by atoms with E-state index in [2.05, 4.69) is 22.4 Å². The highest BCUT2D eigenvalue weighted by atomic mass is 16.5. The summed E-state index contributed by atoms with van der Waals surface area (Å²) in [5.74, 6) is -0.284. The maximum atomic E-state index is 13.8. The third-order valence-corrected chi connectivity index (χ3v) is 11.3. The second kappa shape index (κ2) is 26.2. The van der Waals surface area contributed by atoms with Crippen LogP contribution in [0.15, 0.2) is 107 Å². The van der Waals surface area contributed by atoms with Crippen molar-refractivity contribution in [3.8, 4) is 34.8 Å². The molecule has 12 nitrogen and oxygen atoms in total. The average Bonchev–Trinajstić information content (AvgIpc) is 3.32. The standard InChI is InChI=1S/C52H62N4O8/c1-6-51(3,49(58)63-33-13-9-7-11-31-61-46-27-21-43(22-28-46)42-19-15-40(36-53)16-20-42)38-52(4,35-39(2)48(57)60-5)50(59)64-34-14-10-8-12-32-62-47-29-25-45(26-30-47)56-55-44-23-17-41(37-54)18-24-44/h15-30,39H,6-14,31-35,38H2,1-5H3. The number of nitriles is 2. The molecule has 0 aliphatic carbocycles. The van der Waals surface area contributed by atoms with Gasteiger partial charge in [-0.05, 0) is 168 Å². The molecule has 64 heavy (non-hydrogen) atoms. The van der Waals surface area contributed by atoms with Crippen molar-refractivity contribution in [2.45, 2.75) is 98.3 Å². The summed E-state index contributed by atoms with van der Waals surface area (Å²) in [6.45, 7) is 8.83. The molecule has 0 N–H and O–H groups in total. The van der Waals surface area contributed by atoms with E-state index in [1.54, 1.807) is 50.2 Å². The number of hydrogen-bond donors (Lipinski definition) is 0. The Hall–Kier alpha value is -6.53. The Kier molecular flexibility index (Phi) is 20.5. The zero-order chi connectivity index (χ0) is 46.2. The van der Waals surface area contributed by atoms with Gasteiger partial charge in [-0.2, -0.15) is 20.8 Å². The molecule has 4 rings (SSSR count). The Morgan fingerprint density at radius 2 is 0.969 bits per heavy atom. The van der Waals surface area contributed by atoms with Gasteiger partial charge in [-0.3, -0.25) is 14.4 Å². The van der Waals surface area contributed by atoms with Gasteiger partial charge in [0.1, 0.15) is 11.5 Å². The van der Waals surface area contributed by atoms with E-state index in [9.17, 15) is 14.4 Å². The van der Waals surface area contributed by atoms with E-state index in [0.717, 1.165) is 61.2 Å². The van der Waals surface area contributed by atoms with Gasteiger partial charge in [-0.15, -0.1) is 0 Å². The SMILES string of the molecule is CCC(C)(CC(C)(CC(C)C(=O)OC)C(=O)OCCCCCCOc1ccc(N=Nc2ccc(C#N)cc2)cc1)C(=O)OCCCCCCOc1ccc(-c2ccc(C#N)cc2)cc1. The van der Waals surface area contributed by atoms with Crippen molar-refractivity contribution >= 4 is 29.3 Å². The van der Waals surface area contributed by atoms with Crippen LogP contribution < -0.4 is 9.47 Å². The number of carbonyl (C=O) groups is 3. The lowest BCUT2D eigenvalue weighted by atomic mass is 9.68. The largest absolute Gasteiger partial charge is 0.494 e. The first-order valence-electron chi connectivity index (χ1n) is 22.2. The van der Waals surface area contributed by atoms with Crippen LogP contribution >= 0.6 is 0 Å². The van der Waals surface area contributed by atoms with E-state index in [1.807, 2.05) is 74.5 Å². The Labute approximate surface area is 378 Å². The van der Waals surface area contributed by atoms with Crippen LogP contribution in [0.3, 0.4) is 0 Å². The second-order valence-electron chi connectivity index (χ2n) is 16.6. The number of unbranched alkanes of at least 4 members (excludes halogenated alkanes) is 6. The quantitative estimate of drug-likeness (QED) is 0.0243. The number of ether oxygens (including phenoxy) is 5. The monoisotopic (exact) mass is 870 g/mol. The fourth-order valence-electron chi connectivity index (χ4n) is 7.37. The first kappa shape index (κ1) is 50.1.